The first kappa shape index (κ1) is 18.5. The number of hydrogen-bond acceptors (Lipinski definition) is 3. The van der Waals surface area contributed by atoms with Crippen LogP contribution in [-0.2, 0) is 6.54 Å². The summed E-state index contributed by atoms with van der Waals surface area (Å²) in [6.07, 6.45) is 5.86. The van der Waals surface area contributed by atoms with Crippen molar-refractivity contribution in [2.24, 2.45) is 0 Å². The molecule has 0 N–H and O–H groups in total. The Hall–Kier alpha value is -2.89. The van der Waals surface area contributed by atoms with E-state index >= 15 is 0 Å². The van der Waals surface area contributed by atoms with Crippen LogP contribution in [0.4, 0.5) is 4.39 Å². The standard InChI is InChI=1S/C22H23FN2O3/c1-15-19(21(26)24-11-4-2-3-5-12-24)20-18(28-15)10-13-25(22(20)27)14-16-6-8-17(23)9-7-16/h6-10,13H,2-5,11-12,14H2,1H3. The average molecular weight is 382 g/mol. The molecule has 1 saturated heterocycles. The summed E-state index contributed by atoms with van der Waals surface area (Å²) in [6.45, 7) is 3.45. The fraction of sp³-hybridized carbons (Fsp3) is 0.364. The number of carbonyl (C=O) groups excluding carboxylic acids is 1. The van der Waals surface area contributed by atoms with Crippen molar-refractivity contribution in [3.05, 3.63) is 69.6 Å². The van der Waals surface area contributed by atoms with Crippen LogP contribution in [0.2, 0.25) is 0 Å². The van der Waals surface area contributed by atoms with Gasteiger partial charge in [0.15, 0.2) is 0 Å². The average Bonchev–Trinajstić information content (AvgIpc) is 2.85. The molecule has 1 amide bonds. The number of rotatable bonds is 3. The second-order valence-electron chi connectivity index (χ2n) is 7.35. The van der Waals surface area contributed by atoms with Gasteiger partial charge in [-0.05, 0) is 43.5 Å². The van der Waals surface area contributed by atoms with Crippen molar-refractivity contribution < 1.29 is 13.6 Å². The van der Waals surface area contributed by atoms with Crippen LogP contribution in [0, 0.1) is 12.7 Å². The minimum atomic E-state index is -0.317. The second-order valence-corrected chi connectivity index (χ2v) is 7.35. The molecule has 1 aliphatic heterocycles. The molecule has 0 saturated carbocycles. The van der Waals surface area contributed by atoms with Gasteiger partial charge in [0.05, 0.1) is 17.5 Å². The Balaban J connectivity index is 1.74. The van der Waals surface area contributed by atoms with E-state index in [4.69, 9.17) is 4.42 Å². The van der Waals surface area contributed by atoms with E-state index in [1.165, 1.54) is 16.7 Å². The summed E-state index contributed by atoms with van der Waals surface area (Å²) in [5, 5.41) is 0.330. The maximum absolute atomic E-state index is 13.2. The molecule has 0 aliphatic carbocycles. The van der Waals surface area contributed by atoms with Gasteiger partial charge in [0.2, 0.25) is 0 Å². The van der Waals surface area contributed by atoms with E-state index in [9.17, 15) is 14.0 Å². The third-order valence-corrected chi connectivity index (χ3v) is 5.37. The molecule has 2 aromatic heterocycles. The third kappa shape index (κ3) is 3.46. The molecule has 1 fully saturated rings. The van der Waals surface area contributed by atoms with Crippen LogP contribution >= 0.6 is 0 Å². The Morgan fingerprint density at radius 3 is 2.43 bits per heavy atom. The lowest BCUT2D eigenvalue weighted by Gasteiger charge is -2.20. The topological polar surface area (TPSA) is 55.5 Å². The number of benzene rings is 1. The molecule has 28 heavy (non-hydrogen) atoms. The number of pyridine rings is 1. The van der Waals surface area contributed by atoms with Crippen molar-refractivity contribution >= 4 is 16.9 Å². The van der Waals surface area contributed by atoms with Gasteiger partial charge in [-0.15, -0.1) is 0 Å². The molecule has 3 aromatic rings. The van der Waals surface area contributed by atoms with Crippen LogP contribution in [0.25, 0.3) is 11.0 Å². The number of fused-ring (bicyclic) bond motifs is 1. The third-order valence-electron chi connectivity index (χ3n) is 5.37. The number of nitrogens with zero attached hydrogens (tertiary/aromatic N) is 2. The number of aryl methyl sites for hydroxylation is 1. The lowest BCUT2D eigenvalue weighted by Crippen LogP contribution is -2.33. The zero-order valence-electron chi connectivity index (χ0n) is 15.9. The molecule has 6 heteroatoms. The van der Waals surface area contributed by atoms with Gasteiger partial charge in [0, 0.05) is 19.3 Å². The lowest BCUT2D eigenvalue weighted by atomic mass is 10.1. The number of aromatic nitrogens is 1. The first-order chi connectivity index (χ1) is 13.5. The van der Waals surface area contributed by atoms with Crippen molar-refractivity contribution in [1.29, 1.82) is 0 Å². The van der Waals surface area contributed by atoms with Gasteiger partial charge in [-0.2, -0.15) is 0 Å². The maximum Gasteiger partial charge on any atom is 0.262 e. The van der Waals surface area contributed by atoms with Crippen molar-refractivity contribution in [2.45, 2.75) is 39.2 Å². The normalized spacial score (nSPS) is 15.0. The highest BCUT2D eigenvalue weighted by Crippen LogP contribution is 2.25. The van der Waals surface area contributed by atoms with Gasteiger partial charge >= 0.3 is 0 Å². The highest BCUT2D eigenvalue weighted by molar-refractivity contribution is 6.06. The number of furan rings is 1. The summed E-state index contributed by atoms with van der Waals surface area (Å²) in [5.74, 6) is 0.0259. The highest BCUT2D eigenvalue weighted by Gasteiger charge is 2.26. The Bertz CT molecular complexity index is 1060. The minimum absolute atomic E-state index is 0.130. The van der Waals surface area contributed by atoms with E-state index in [1.54, 1.807) is 31.3 Å². The Kier molecular flexibility index (Phi) is 5.03. The van der Waals surface area contributed by atoms with Crippen molar-refractivity contribution in [3.63, 3.8) is 0 Å². The van der Waals surface area contributed by atoms with Gasteiger partial charge in [0.25, 0.3) is 11.5 Å². The van der Waals surface area contributed by atoms with E-state index in [0.29, 0.717) is 41.9 Å². The molecule has 3 heterocycles. The summed E-state index contributed by atoms with van der Waals surface area (Å²) in [7, 11) is 0. The Labute approximate surface area is 162 Å². The van der Waals surface area contributed by atoms with E-state index in [-0.39, 0.29) is 17.3 Å². The molecule has 0 spiro atoms. The number of hydrogen-bond donors (Lipinski definition) is 0. The van der Waals surface area contributed by atoms with Crippen molar-refractivity contribution in [1.82, 2.24) is 9.47 Å². The van der Waals surface area contributed by atoms with E-state index in [1.807, 2.05) is 4.90 Å². The van der Waals surface area contributed by atoms with E-state index in [0.717, 1.165) is 31.2 Å². The van der Waals surface area contributed by atoms with Gasteiger partial charge in [-0.25, -0.2) is 4.39 Å². The lowest BCUT2D eigenvalue weighted by molar-refractivity contribution is 0.0761. The monoisotopic (exact) mass is 382 g/mol. The van der Waals surface area contributed by atoms with Gasteiger partial charge < -0.3 is 13.9 Å². The quantitative estimate of drug-likeness (QED) is 0.685. The van der Waals surface area contributed by atoms with Crippen molar-refractivity contribution in [2.75, 3.05) is 13.1 Å². The molecule has 0 bridgehead atoms. The first-order valence-corrected chi connectivity index (χ1v) is 9.71. The first-order valence-electron chi connectivity index (χ1n) is 9.71. The van der Waals surface area contributed by atoms with Gasteiger partial charge in [0.1, 0.15) is 17.2 Å². The molecule has 0 radical (unpaired) electrons. The molecule has 5 nitrogen and oxygen atoms in total. The fourth-order valence-electron chi connectivity index (χ4n) is 3.87. The number of carbonyl (C=O) groups is 1. The zero-order valence-corrected chi connectivity index (χ0v) is 15.9. The van der Waals surface area contributed by atoms with Crippen LogP contribution in [0.5, 0.6) is 0 Å². The van der Waals surface area contributed by atoms with E-state index in [2.05, 4.69) is 0 Å². The largest absolute Gasteiger partial charge is 0.460 e. The molecular weight excluding hydrogens is 359 g/mol. The molecular formula is C22H23FN2O3. The number of amides is 1. The fourth-order valence-corrected chi connectivity index (χ4v) is 3.87. The number of halogens is 1. The molecule has 146 valence electrons. The summed E-state index contributed by atoms with van der Waals surface area (Å²) in [4.78, 5) is 28.2. The van der Waals surface area contributed by atoms with Gasteiger partial charge in [-0.1, -0.05) is 25.0 Å². The molecule has 0 unspecified atom stereocenters. The van der Waals surface area contributed by atoms with Crippen molar-refractivity contribution in [3.8, 4) is 0 Å². The summed E-state index contributed by atoms with van der Waals surface area (Å²) < 4.78 is 20.4. The van der Waals surface area contributed by atoms with Crippen LogP contribution < -0.4 is 5.56 Å². The van der Waals surface area contributed by atoms with E-state index < -0.39 is 0 Å². The van der Waals surface area contributed by atoms with Crippen LogP contribution in [0.3, 0.4) is 0 Å². The SMILES string of the molecule is Cc1oc2ccn(Cc3ccc(F)cc3)c(=O)c2c1C(=O)N1CCCCCC1. The summed E-state index contributed by atoms with van der Waals surface area (Å²) in [6, 6.07) is 7.75. The minimum Gasteiger partial charge on any atom is -0.460 e. The molecule has 1 aliphatic rings. The Morgan fingerprint density at radius 1 is 1.07 bits per heavy atom. The van der Waals surface area contributed by atoms with Crippen LogP contribution in [0.15, 0.2) is 45.7 Å². The molecule has 4 rings (SSSR count). The summed E-state index contributed by atoms with van der Waals surface area (Å²) in [5.41, 5.74) is 1.34. The Morgan fingerprint density at radius 2 is 1.75 bits per heavy atom. The zero-order chi connectivity index (χ0) is 19.7. The van der Waals surface area contributed by atoms with Crippen LogP contribution in [0.1, 0.15) is 47.4 Å². The van der Waals surface area contributed by atoms with Crippen LogP contribution in [-0.4, -0.2) is 28.5 Å². The smallest absolute Gasteiger partial charge is 0.262 e. The van der Waals surface area contributed by atoms with Gasteiger partial charge in [-0.3, -0.25) is 9.59 Å². The second kappa shape index (κ2) is 7.62. The molecule has 1 aromatic carbocycles. The maximum atomic E-state index is 13.2. The number of likely N-dealkylation sites (tertiary alicyclic amines) is 1. The predicted molar refractivity (Wildman–Crippen MR) is 105 cm³/mol. The predicted octanol–water partition coefficient (Wildman–Crippen LogP) is 4.11. The summed E-state index contributed by atoms with van der Waals surface area (Å²) >= 11 is 0. The highest BCUT2D eigenvalue weighted by atomic mass is 19.1. The molecule has 0 atom stereocenters.